The van der Waals surface area contributed by atoms with E-state index < -0.39 is 11.5 Å². The number of carboxylic acids is 1. The standard InChI is InChI=1S/C18H19N3O3/c1-12-9-11-21(17(22)16(12)18(23)24)10-5-8-15-19-13-6-3-4-7-14(13)20(15)2/h3-4,6-7,9,11H,5,8,10H2,1-2H3,(H,23,24). The second kappa shape index (κ2) is 6.31. The van der Waals surface area contributed by atoms with E-state index in [2.05, 4.69) is 9.55 Å². The summed E-state index contributed by atoms with van der Waals surface area (Å²) in [5.74, 6) is -0.225. The molecule has 24 heavy (non-hydrogen) atoms. The molecule has 0 aliphatic heterocycles. The third kappa shape index (κ3) is 2.82. The molecule has 0 radical (unpaired) electrons. The SMILES string of the molecule is Cc1ccn(CCCc2nc3ccccc3n2C)c(=O)c1C(=O)O. The number of para-hydroxylation sites is 2. The highest BCUT2D eigenvalue weighted by molar-refractivity contribution is 5.88. The zero-order valence-corrected chi connectivity index (χ0v) is 13.7. The summed E-state index contributed by atoms with van der Waals surface area (Å²) in [6.45, 7) is 2.09. The smallest absolute Gasteiger partial charge is 0.341 e. The summed E-state index contributed by atoms with van der Waals surface area (Å²) >= 11 is 0. The van der Waals surface area contributed by atoms with Crippen LogP contribution in [-0.4, -0.2) is 25.2 Å². The molecule has 6 heteroatoms. The summed E-state index contributed by atoms with van der Waals surface area (Å²) in [7, 11) is 1.98. The quantitative estimate of drug-likeness (QED) is 0.781. The molecular weight excluding hydrogens is 306 g/mol. The van der Waals surface area contributed by atoms with Gasteiger partial charge in [0.15, 0.2) is 0 Å². The van der Waals surface area contributed by atoms with E-state index in [0.717, 1.165) is 16.9 Å². The maximum atomic E-state index is 12.2. The lowest BCUT2D eigenvalue weighted by molar-refractivity contribution is 0.0693. The summed E-state index contributed by atoms with van der Waals surface area (Å²) in [6.07, 6.45) is 3.08. The van der Waals surface area contributed by atoms with E-state index in [4.69, 9.17) is 5.11 Å². The van der Waals surface area contributed by atoms with Crippen molar-refractivity contribution in [2.45, 2.75) is 26.3 Å². The van der Waals surface area contributed by atoms with Crippen molar-refractivity contribution in [1.29, 1.82) is 0 Å². The lowest BCUT2D eigenvalue weighted by atomic mass is 10.1. The molecule has 2 aromatic heterocycles. The first-order valence-electron chi connectivity index (χ1n) is 7.82. The molecule has 0 bridgehead atoms. The Morgan fingerprint density at radius 3 is 2.71 bits per heavy atom. The molecule has 0 atom stereocenters. The van der Waals surface area contributed by atoms with Gasteiger partial charge in [-0.15, -0.1) is 0 Å². The lowest BCUT2D eigenvalue weighted by Gasteiger charge is -2.08. The number of imidazole rings is 1. The van der Waals surface area contributed by atoms with E-state index in [9.17, 15) is 9.59 Å². The van der Waals surface area contributed by atoms with E-state index >= 15 is 0 Å². The zero-order valence-electron chi connectivity index (χ0n) is 13.7. The number of carboxylic acid groups (broad SMARTS) is 1. The Morgan fingerprint density at radius 2 is 2.00 bits per heavy atom. The zero-order chi connectivity index (χ0) is 17.3. The van der Waals surface area contributed by atoms with Gasteiger partial charge >= 0.3 is 5.97 Å². The minimum absolute atomic E-state index is 0.153. The van der Waals surface area contributed by atoms with Crippen LogP contribution in [0.25, 0.3) is 11.0 Å². The van der Waals surface area contributed by atoms with Gasteiger partial charge in [-0.05, 0) is 37.1 Å². The Bertz CT molecular complexity index is 969. The first-order chi connectivity index (χ1) is 11.5. The van der Waals surface area contributed by atoms with Crippen molar-refractivity contribution in [2.24, 2.45) is 7.05 Å². The molecule has 3 aromatic rings. The molecule has 0 fully saturated rings. The van der Waals surface area contributed by atoms with Crippen molar-refractivity contribution in [3.05, 3.63) is 63.8 Å². The number of fused-ring (bicyclic) bond motifs is 1. The average molecular weight is 325 g/mol. The number of nitrogens with zero attached hydrogens (tertiary/aromatic N) is 3. The highest BCUT2D eigenvalue weighted by atomic mass is 16.4. The van der Waals surface area contributed by atoms with Crippen molar-refractivity contribution in [1.82, 2.24) is 14.1 Å². The van der Waals surface area contributed by atoms with Gasteiger partial charge in [0.2, 0.25) is 0 Å². The Hall–Kier alpha value is -2.89. The fraction of sp³-hybridized carbons (Fsp3) is 0.278. The van der Waals surface area contributed by atoms with Crippen molar-refractivity contribution in [3.63, 3.8) is 0 Å². The number of benzene rings is 1. The molecule has 1 aromatic carbocycles. The highest BCUT2D eigenvalue weighted by Gasteiger charge is 2.14. The van der Waals surface area contributed by atoms with Crippen LogP contribution in [-0.2, 0) is 20.0 Å². The van der Waals surface area contributed by atoms with Crippen LogP contribution in [0.1, 0.15) is 28.2 Å². The summed E-state index contributed by atoms with van der Waals surface area (Å²) < 4.78 is 3.51. The van der Waals surface area contributed by atoms with Gasteiger partial charge in [0.1, 0.15) is 11.4 Å². The van der Waals surface area contributed by atoms with Crippen LogP contribution < -0.4 is 5.56 Å². The van der Waals surface area contributed by atoms with Crippen LogP contribution in [0.5, 0.6) is 0 Å². The van der Waals surface area contributed by atoms with Crippen LogP contribution in [0.4, 0.5) is 0 Å². The van der Waals surface area contributed by atoms with Crippen molar-refractivity contribution >= 4 is 17.0 Å². The number of rotatable bonds is 5. The summed E-state index contributed by atoms with van der Waals surface area (Å²) in [5, 5.41) is 9.16. The van der Waals surface area contributed by atoms with Gasteiger partial charge in [0, 0.05) is 26.2 Å². The number of carbonyl (C=O) groups is 1. The monoisotopic (exact) mass is 325 g/mol. The van der Waals surface area contributed by atoms with Crippen LogP contribution >= 0.6 is 0 Å². The maximum Gasteiger partial charge on any atom is 0.341 e. The minimum Gasteiger partial charge on any atom is -0.477 e. The number of aryl methyl sites for hydroxylation is 4. The number of pyridine rings is 1. The summed E-state index contributed by atoms with van der Waals surface area (Å²) in [5.41, 5.74) is 1.91. The van der Waals surface area contributed by atoms with E-state index in [1.165, 1.54) is 4.57 Å². The van der Waals surface area contributed by atoms with Crippen LogP contribution in [0.15, 0.2) is 41.3 Å². The topological polar surface area (TPSA) is 77.1 Å². The van der Waals surface area contributed by atoms with E-state index in [1.807, 2.05) is 31.3 Å². The first kappa shape index (κ1) is 16.0. The number of aromatic nitrogens is 3. The molecule has 0 saturated carbocycles. The Morgan fingerprint density at radius 1 is 1.25 bits per heavy atom. The van der Waals surface area contributed by atoms with Gasteiger partial charge < -0.3 is 14.2 Å². The molecule has 3 rings (SSSR count). The van der Waals surface area contributed by atoms with Gasteiger partial charge in [-0.1, -0.05) is 12.1 Å². The molecule has 2 heterocycles. The molecule has 0 spiro atoms. The largest absolute Gasteiger partial charge is 0.477 e. The summed E-state index contributed by atoms with van der Waals surface area (Å²) in [6, 6.07) is 9.60. The number of hydrogen-bond donors (Lipinski definition) is 1. The van der Waals surface area contributed by atoms with Gasteiger partial charge in [-0.3, -0.25) is 4.79 Å². The highest BCUT2D eigenvalue weighted by Crippen LogP contribution is 2.15. The fourth-order valence-electron chi connectivity index (χ4n) is 2.93. The molecule has 0 aliphatic carbocycles. The summed E-state index contributed by atoms with van der Waals surface area (Å²) in [4.78, 5) is 28.1. The van der Waals surface area contributed by atoms with E-state index in [1.54, 1.807) is 19.2 Å². The van der Waals surface area contributed by atoms with Gasteiger partial charge in [0.25, 0.3) is 5.56 Å². The predicted octanol–water partition coefficient (Wildman–Crippen LogP) is 2.37. The van der Waals surface area contributed by atoms with Crippen molar-refractivity contribution in [2.75, 3.05) is 0 Å². The third-order valence-electron chi connectivity index (χ3n) is 4.27. The van der Waals surface area contributed by atoms with E-state index in [0.29, 0.717) is 24.9 Å². The molecule has 1 N–H and O–H groups in total. The number of aromatic carboxylic acids is 1. The molecule has 0 amide bonds. The first-order valence-corrected chi connectivity index (χ1v) is 7.82. The lowest BCUT2D eigenvalue weighted by Crippen LogP contribution is -2.27. The Kier molecular flexibility index (Phi) is 4.20. The second-order valence-electron chi connectivity index (χ2n) is 5.86. The van der Waals surface area contributed by atoms with E-state index in [-0.39, 0.29) is 5.56 Å². The van der Waals surface area contributed by atoms with Crippen LogP contribution in [0, 0.1) is 6.92 Å². The van der Waals surface area contributed by atoms with Crippen LogP contribution in [0.3, 0.4) is 0 Å². The Balaban J connectivity index is 1.77. The molecule has 0 aliphatic rings. The van der Waals surface area contributed by atoms with Crippen molar-refractivity contribution in [3.8, 4) is 0 Å². The molecular formula is C18H19N3O3. The van der Waals surface area contributed by atoms with Gasteiger partial charge in [-0.25, -0.2) is 9.78 Å². The molecule has 0 unspecified atom stereocenters. The average Bonchev–Trinajstić information content (AvgIpc) is 2.86. The van der Waals surface area contributed by atoms with Gasteiger partial charge in [-0.2, -0.15) is 0 Å². The van der Waals surface area contributed by atoms with Crippen LogP contribution in [0.2, 0.25) is 0 Å². The second-order valence-corrected chi connectivity index (χ2v) is 5.86. The minimum atomic E-state index is -1.18. The number of hydrogen-bond acceptors (Lipinski definition) is 3. The third-order valence-corrected chi connectivity index (χ3v) is 4.27. The molecule has 0 saturated heterocycles. The predicted molar refractivity (Wildman–Crippen MR) is 91.4 cm³/mol. The fourth-order valence-corrected chi connectivity index (χ4v) is 2.93. The normalized spacial score (nSPS) is 11.1. The Labute approximate surface area is 139 Å². The van der Waals surface area contributed by atoms with Gasteiger partial charge in [0.05, 0.1) is 11.0 Å². The maximum absolute atomic E-state index is 12.2. The molecule has 6 nitrogen and oxygen atoms in total. The molecule has 124 valence electrons. The van der Waals surface area contributed by atoms with Crippen molar-refractivity contribution < 1.29 is 9.90 Å².